The van der Waals surface area contributed by atoms with Crippen molar-refractivity contribution < 1.29 is 23.7 Å². The number of fused-ring (bicyclic) bond motifs is 1. The quantitative estimate of drug-likeness (QED) is 0.726. The Balaban J connectivity index is 1.99. The lowest BCUT2D eigenvalue weighted by Crippen LogP contribution is -2.37. The number of benzene rings is 1. The average molecular weight is 344 g/mol. The first-order chi connectivity index (χ1) is 12.1. The summed E-state index contributed by atoms with van der Waals surface area (Å²) in [5.74, 6) is 2.92. The molecule has 1 saturated heterocycles. The van der Waals surface area contributed by atoms with Gasteiger partial charge in [0.15, 0.2) is 17.6 Å². The van der Waals surface area contributed by atoms with Crippen LogP contribution in [0.4, 0.5) is 0 Å². The zero-order chi connectivity index (χ0) is 18.0. The molecule has 2 aliphatic heterocycles. The second kappa shape index (κ2) is 6.84. The van der Waals surface area contributed by atoms with E-state index in [1.807, 2.05) is 31.2 Å². The first-order valence-electron chi connectivity index (χ1n) is 8.19. The predicted molar refractivity (Wildman–Crippen MR) is 94.3 cm³/mol. The molecule has 2 aliphatic rings. The number of rotatable bonds is 6. The monoisotopic (exact) mass is 344 g/mol. The van der Waals surface area contributed by atoms with Gasteiger partial charge < -0.3 is 23.7 Å². The van der Waals surface area contributed by atoms with E-state index in [0.717, 1.165) is 17.1 Å². The van der Waals surface area contributed by atoms with Crippen LogP contribution in [0.25, 0.3) is 0 Å². The van der Waals surface area contributed by atoms with Crippen LogP contribution in [0.5, 0.6) is 11.5 Å². The molecule has 0 radical (unpaired) electrons. The summed E-state index contributed by atoms with van der Waals surface area (Å²) in [5, 5.41) is 0. The van der Waals surface area contributed by atoms with Gasteiger partial charge in [-0.15, -0.1) is 6.58 Å². The van der Waals surface area contributed by atoms with Crippen molar-refractivity contribution in [1.29, 1.82) is 0 Å². The minimum absolute atomic E-state index is 0.0284. The van der Waals surface area contributed by atoms with Crippen LogP contribution in [-0.4, -0.2) is 26.9 Å². The number of ether oxygens (including phenoxy) is 5. The minimum atomic E-state index is -0.568. The standard InChI is InChI=1S/C20H24O5/c1-6-7-14-11-15-18(12-24-14)25-19(20(15,2)23-5)13-8-9-16(21-3)17(10-13)22-4/h6,8-12,15,19H,1,7H2,2-5H3. The molecule has 1 fully saturated rings. The number of hydrogen-bond donors (Lipinski definition) is 0. The third-order valence-electron chi connectivity index (χ3n) is 4.87. The van der Waals surface area contributed by atoms with Gasteiger partial charge in [-0.25, -0.2) is 0 Å². The third-order valence-corrected chi connectivity index (χ3v) is 4.87. The van der Waals surface area contributed by atoms with E-state index in [-0.39, 0.29) is 12.0 Å². The fraction of sp³-hybridized carbons (Fsp3) is 0.400. The maximum atomic E-state index is 6.20. The molecular formula is C20H24O5. The maximum Gasteiger partial charge on any atom is 0.161 e. The van der Waals surface area contributed by atoms with Crippen LogP contribution in [0.3, 0.4) is 0 Å². The summed E-state index contributed by atoms with van der Waals surface area (Å²) in [5.41, 5.74) is 0.387. The van der Waals surface area contributed by atoms with E-state index in [0.29, 0.717) is 17.9 Å². The highest BCUT2D eigenvalue weighted by Gasteiger charge is 2.53. The van der Waals surface area contributed by atoms with Crippen molar-refractivity contribution in [2.24, 2.45) is 5.92 Å². The molecule has 0 saturated carbocycles. The lowest BCUT2D eigenvalue weighted by molar-refractivity contribution is -0.0645. The van der Waals surface area contributed by atoms with E-state index in [2.05, 4.69) is 12.7 Å². The number of allylic oxidation sites excluding steroid dienone is 1. The second-order valence-corrected chi connectivity index (χ2v) is 6.24. The molecule has 0 aromatic heterocycles. The van der Waals surface area contributed by atoms with E-state index >= 15 is 0 Å². The Morgan fingerprint density at radius 3 is 2.60 bits per heavy atom. The summed E-state index contributed by atoms with van der Waals surface area (Å²) in [6, 6.07) is 5.77. The molecule has 25 heavy (non-hydrogen) atoms. The predicted octanol–water partition coefficient (Wildman–Crippen LogP) is 4.13. The number of methoxy groups -OCH3 is 3. The molecule has 0 aliphatic carbocycles. The normalized spacial score (nSPS) is 27.4. The van der Waals surface area contributed by atoms with E-state index in [1.165, 1.54) is 0 Å². The number of hydrogen-bond acceptors (Lipinski definition) is 5. The van der Waals surface area contributed by atoms with Gasteiger partial charge in [-0.2, -0.15) is 0 Å². The van der Waals surface area contributed by atoms with Gasteiger partial charge >= 0.3 is 0 Å². The van der Waals surface area contributed by atoms with E-state index in [1.54, 1.807) is 27.6 Å². The first kappa shape index (κ1) is 17.4. The van der Waals surface area contributed by atoms with Gasteiger partial charge in [0, 0.05) is 13.5 Å². The molecular weight excluding hydrogens is 320 g/mol. The highest BCUT2D eigenvalue weighted by atomic mass is 16.6. The summed E-state index contributed by atoms with van der Waals surface area (Å²) in [6.07, 6.45) is 5.91. The zero-order valence-electron chi connectivity index (χ0n) is 15.1. The summed E-state index contributed by atoms with van der Waals surface area (Å²) >= 11 is 0. The van der Waals surface area contributed by atoms with Crippen LogP contribution >= 0.6 is 0 Å². The SMILES string of the molecule is C=CCC1=CC2C(=CO1)OC(c1ccc(OC)c(OC)c1)C2(C)OC. The Bertz CT molecular complexity index is 721. The second-order valence-electron chi connectivity index (χ2n) is 6.24. The lowest BCUT2D eigenvalue weighted by atomic mass is 9.82. The van der Waals surface area contributed by atoms with Crippen LogP contribution < -0.4 is 9.47 Å². The molecule has 1 aromatic rings. The van der Waals surface area contributed by atoms with Gasteiger partial charge in [0.2, 0.25) is 0 Å². The van der Waals surface area contributed by atoms with Gasteiger partial charge in [0.05, 0.1) is 20.1 Å². The molecule has 0 N–H and O–H groups in total. The van der Waals surface area contributed by atoms with E-state index < -0.39 is 5.60 Å². The van der Waals surface area contributed by atoms with Gasteiger partial charge in [0.25, 0.3) is 0 Å². The van der Waals surface area contributed by atoms with Crippen LogP contribution in [0.15, 0.2) is 54.7 Å². The maximum absolute atomic E-state index is 6.20. The molecule has 0 spiro atoms. The van der Waals surface area contributed by atoms with Crippen LogP contribution in [0.2, 0.25) is 0 Å². The largest absolute Gasteiger partial charge is 0.493 e. The third kappa shape index (κ3) is 2.89. The van der Waals surface area contributed by atoms with Crippen molar-refractivity contribution in [2.75, 3.05) is 21.3 Å². The minimum Gasteiger partial charge on any atom is -0.493 e. The van der Waals surface area contributed by atoms with Crippen molar-refractivity contribution in [2.45, 2.75) is 25.0 Å². The van der Waals surface area contributed by atoms with E-state index in [4.69, 9.17) is 23.7 Å². The van der Waals surface area contributed by atoms with Crippen molar-refractivity contribution in [1.82, 2.24) is 0 Å². The molecule has 134 valence electrons. The average Bonchev–Trinajstić information content (AvgIpc) is 2.94. The molecule has 5 heteroatoms. The van der Waals surface area contributed by atoms with Crippen molar-refractivity contribution in [3.05, 3.63) is 60.3 Å². The van der Waals surface area contributed by atoms with Crippen molar-refractivity contribution in [3.8, 4) is 11.5 Å². The molecule has 3 rings (SSSR count). The summed E-state index contributed by atoms with van der Waals surface area (Å²) in [6.45, 7) is 5.81. The van der Waals surface area contributed by atoms with Crippen molar-refractivity contribution >= 4 is 0 Å². The van der Waals surface area contributed by atoms with Gasteiger partial charge in [-0.1, -0.05) is 12.1 Å². The topological polar surface area (TPSA) is 46.2 Å². The van der Waals surface area contributed by atoms with Crippen LogP contribution in [-0.2, 0) is 14.2 Å². The summed E-state index contributed by atoms with van der Waals surface area (Å²) < 4.78 is 28.5. The Morgan fingerprint density at radius 2 is 1.96 bits per heavy atom. The Kier molecular flexibility index (Phi) is 4.77. The Hall–Kier alpha value is -2.40. The van der Waals surface area contributed by atoms with Gasteiger partial charge in [0.1, 0.15) is 23.4 Å². The fourth-order valence-electron chi connectivity index (χ4n) is 3.39. The van der Waals surface area contributed by atoms with Crippen LogP contribution in [0.1, 0.15) is 25.0 Å². The molecule has 3 atom stereocenters. The van der Waals surface area contributed by atoms with Gasteiger partial charge in [-0.3, -0.25) is 0 Å². The molecule has 2 heterocycles. The summed E-state index contributed by atoms with van der Waals surface area (Å²) in [4.78, 5) is 0. The Morgan fingerprint density at radius 1 is 1.20 bits per heavy atom. The zero-order valence-corrected chi connectivity index (χ0v) is 15.1. The molecule has 0 amide bonds. The summed E-state index contributed by atoms with van der Waals surface area (Å²) in [7, 11) is 4.94. The molecule has 5 nitrogen and oxygen atoms in total. The highest BCUT2D eigenvalue weighted by molar-refractivity contribution is 5.45. The fourth-order valence-corrected chi connectivity index (χ4v) is 3.39. The molecule has 1 aromatic carbocycles. The smallest absolute Gasteiger partial charge is 0.161 e. The lowest BCUT2D eigenvalue weighted by Gasteiger charge is -2.32. The van der Waals surface area contributed by atoms with Crippen LogP contribution in [0, 0.1) is 5.92 Å². The Labute approximate surface area is 148 Å². The first-order valence-corrected chi connectivity index (χ1v) is 8.19. The van der Waals surface area contributed by atoms with Crippen molar-refractivity contribution in [3.63, 3.8) is 0 Å². The highest BCUT2D eigenvalue weighted by Crippen LogP contribution is 2.52. The van der Waals surface area contributed by atoms with Gasteiger partial charge in [-0.05, 0) is 30.7 Å². The van der Waals surface area contributed by atoms with E-state index in [9.17, 15) is 0 Å². The molecule has 3 unspecified atom stereocenters. The molecule has 0 bridgehead atoms.